The molecule has 17 heavy (non-hydrogen) atoms. The second-order valence-electron chi connectivity index (χ2n) is 3.43. The number of thioether (sulfide) groups is 1. The molecular weight excluding hydrogens is 236 g/mol. The molecule has 0 bridgehead atoms. The zero-order chi connectivity index (χ0) is 12.1. The van der Waals surface area contributed by atoms with Gasteiger partial charge in [-0.05, 0) is 6.42 Å². The summed E-state index contributed by atoms with van der Waals surface area (Å²) in [6, 6.07) is 0. The molecule has 0 aliphatic carbocycles. The van der Waals surface area contributed by atoms with Crippen molar-refractivity contribution in [2.75, 3.05) is 5.73 Å². The van der Waals surface area contributed by atoms with Crippen LogP contribution in [0.2, 0.25) is 0 Å². The highest BCUT2D eigenvalue weighted by molar-refractivity contribution is 7.98. The number of aryl methyl sites for hydroxylation is 1. The van der Waals surface area contributed by atoms with Crippen LogP contribution in [0.3, 0.4) is 0 Å². The molecule has 0 unspecified atom stereocenters. The number of hydrogen-bond acceptors (Lipinski definition) is 6. The quantitative estimate of drug-likeness (QED) is 0.807. The predicted octanol–water partition coefficient (Wildman–Crippen LogP) is 1.35. The van der Waals surface area contributed by atoms with Crippen LogP contribution in [0.5, 0.6) is 0 Å². The van der Waals surface area contributed by atoms with E-state index in [1.807, 2.05) is 4.68 Å². The number of hydrogen-bond donors (Lipinski definition) is 1. The van der Waals surface area contributed by atoms with Crippen LogP contribution in [0.4, 0.5) is 5.82 Å². The Bertz CT molecular complexity index is 483. The average Bonchev–Trinajstić information content (AvgIpc) is 2.76. The van der Waals surface area contributed by atoms with Crippen molar-refractivity contribution in [3.63, 3.8) is 0 Å². The van der Waals surface area contributed by atoms with Gasteiger partial charge in [-0.2, -0.15) is 5.10 Å². The summed E-state index contributed by atoms with van der Waals surface area (Å²) in [5, 5.41) is 4.90. The van der Waals surface area contributed by atoms with Crippen molar-refractivity contribution >= 4 is 17.6 Å². The van der Waals surface area contributed by atoms with Gasteiger partial charge in [0.15, 0.2) is 5.82 Å². The van der Waals surface area contributed by atoms with Gasteiger partial charge >= 0.3 is 0 Å². The highest BCUT2D eigenvalue weighted by atomic mass is 32.2. The molecule has 90 valence electrons. The van der Waals surface area contributed by atoms with Gasteiger partial charge in [-0.1, -0.05) is 18.7 Å². The van der Waals surface area contributed by atoms with Crippen LogP contribution in [0, 0.1) is 0 Å². The molecular formula is C10H14N6S. The van der Waals surface area contributed by atoms with Crippen molar-refractivity contribution in [3.8, 4) is 0 Å². The number of nitrogens with two attached hydrogens (primary N) is 1. The zero-order valence-corrected chi connectivity index (χ0v) is 10.4. The number of nitrogen functional groups attached to an aromatic ring is 1. The maximum atomic E-state index is 5.72. The molecule has 2 N–H and O–H groups in total. The van der Waals surface area contributed by atoms with Crippen LogP contribution < -0.4 is 5.73 Å². The minimum absolute atomic E-state index is 0.457. The van der Waals surface area contributed by atoms with Crippen molar-refractivity contribution in [2.45, 2.75) is 30.7 Å². The van der Waals surface area contributed by atoms with E-state index in [0.717, 1.165) is 23.8 Å². The van der Waals surface area contributed by atoms with Gasteiger partial charge in [-0.3, -0.25) is 0 Å². The summed E-state index contributed by atoms with van der Waals surface area (Å²) >= 11 is 1.52. The highest BCUT2D eigenvalue weighted by Gasteiger charge is 2.07. The molecule has 0 fully saturated rings. The summed E-state index contributed by atoms with van der Waals surface area (Å²) in [6.45, 7) is 2.99. The normalized spacial score (nSPS) is 10.6. The van der Waals surface area contributed by atoms with E-state index in [1.54, 1.807) is 18.7 Å². The molecule has 0 saturated carbocycles. The van der Waals surface area contributed by atoms with Crippen LogP contribution in [0.25, 0.3) is 0 Å². The molecule has 0 atom stereocenters. The average molecular weight is 250 g/mol. The standard InChI is InChI=1S/C10H14N6S/c1-2-5-16-8(14-7-15-16)6-17-10-9(11)12-3-4-13-10/h3-4,7H,2,5-6H2,1H3,(H2,11,12). The molecule has 0 aliphatic rings. The highest BCUT2D eigenvalue weighted by Crippen LogP contribution is 2.23. The van der Waals surface area contributed by atoms with Crippen LogP contribution in [-0.2, 0) is 12.3 Å². The van der Waals surface area contributed by atoms with E-state index in [9.17, 15) is 0 Å². The minimum Gasteiger partial charge on any atom is -0.381 e. The van der Waals surface area contributed by atoms with Crippen molar-refractivity contribution < 1.29 is 0 Å². The molecule has 2 aromatic rings. The Labute approximate surface area is 104 Å². The molecule has 6 nitrogen and oxygen atoms in total. The Balaban J connectivity index is 2.02. The zero-order valence-electron chi connectivity index (χ0n) is 9.58. The van der Waals surface area contributed by atoms with Gasteiger partial charge in [0.05, 0.1) is 5.75 Å². The molecule has 0 saturated heterocycles. The summed E-state index contributed by atoms with van der Waals surface area (Å²) < 4.78 is 1.90. The van der Waals surface area contributed by atoms with Gasteiger partial charge < -0.3 is 5.73 Å². The van der Waals surface area contributed by atoms with Crippen molar-refractivity contribution in [3.05, 3.63) is 24.5 Å². The van der Waals surface area contributed by atoms with E-state index in [-0.39, 0.29) is 0 Å². The molecule has 0 spiro atoms. The Morgan fingerprint density at radius 1 is 1.29 bits per heavy atom. The number of rotatable bonds is 5. The maximum Gasteiger partial charge on any atom is 0.156 e. The lowest BCUT2D eigenvalue weighted by Crippen LogP contribution is -2.04. The minimum atomic E-state index is 0.457. The topological polar surface area (TPSA) is 82.5 Å². The van der Waals surface area contributed by atoms with Gasteiger partial charge in [-0.15, -0.1) is 0 Å². The molecule has 0 radical (unpaired) electrons. The van der Waals surface area contributed by atoms with E-state index in [4.69, 9.17) is 5.73 Å². The molecule has 2 rings (SSSR count). The fourth-order valence-electron chi connectivity index (χ4n) is 1.38. The molecule has 2 heterocycles. The van der Waals surface area contributed by atoms with Crippen LogP contribution >= 0.6 is 11.8 Å². The van der Waals surface area contributed by atoms with Crippen molar-refractivity contribution in [1.29, 1.82) is 0 Å². The number of aromatic nitrogens is 5. The lowest BCUT2D eigenvalue weighted by Gasteiger charge is -2.04. The Morgan fingerprint density at radius 2 is 2.12 bits per heavy atom. The molecule has 0 aliphatic heterocycles. The fourth-order valence-corrected chi connectivity index (χ4v) is 2.20. The van der Waals surface area contributed by atoms with Gasteiger partial charge in [0, 0.05) is 18.9 Å². The first kappa shape index (κ1) is 11.8. The monoisotopic (exact) mass is 250 g/mol. The number of anilines is 1. The molecule has 0 aromatic carbocycles. The summed E-state index contributed by atoms with van der Waals surface area (Å²) in [6.07, 6.45) is 5.83. The second kappa shape index (κ2) is 5.62. The van der Waals surface area contributed by atoms with Crippen LogP contribution in [0.1, 0.15) is 19.2 Å². The summed E-state index contributed by atoms with van der Waals surface area (Å²) in [5.41, 5.74) is 5.72. The van der Waals surface area contributed by atoms with E-state index >= 15 is 0 Å². The lowest BCUT2D eigenvalue weighted by atomic mass is 10.5. The van der Waals surface area contributed by atoms with Gasteiger partial charge in [0.25, 0.3) is 0 Å². The Kier molecular flexibility index (Phi) is 3.92. The van der Waals surface area contributed by atoms with Crippen LogP contribution in [-0.4, -0.2) is 24.7 Å². The van der Waals surface area contributed by atoms with E-state index < -0.39 is 0 Å². The van der Waals surface area contributed by atoms with Gasteiger partial charge in [0.2, 0.25) is 0 Å². The predicted molar refractivity (Wildman–Crippen MR) is 66.3 cm³/mol. The Morgan fingerprint density at radius 3 is 2.88 bits per heavy atom. The summed E-state index contributed by atoms with van der Waals surface area (Å²) in [4.78, 5) is 12.4. The molecule has 7 heteroatoms. The third-order valence-corrected chi connectivity index (χ3v) is 3.15. The smallest absolute Gasteiger partial charge is 0.156 e. The second-order valence-corrected chi connectivity index (χ2v) is 4.40. The Hall–Kier alpha value is -1.63. The SMILES string of the molecule is CCCn1ncnc1CSc1nccnc1N. The van der Waals surface area contributed by atoms with Crippen LogP contribution in [0.15, 0.2) is 23.7 Å². The largest absolute Gasteiger partial charge is 0.381 e. The number of nitrogens with zero attached hydrogens (tertiary/aromatic N) is 5. The van der Waals surface area contributed by atoms with E-state index in [0.29, 0.717) is 11.6 Å². The van der Waals surface area contributed by atoms with Gasteiger partial charge in [0.1, 0.15) is 17.2 Å². The first-order valence-corrected chi connectivity index (χ1v) is 6.35. The lowest BCUT2D eigenvalue weighted by molar-refractivity contribution is 0.581. The van der Waals surface area contributed by atoms with Gasteiger partial charge in [-0.25, -0.2) is 19.6 Å². The van der Waals surface area contributed by atoms with E-state index in [1.165, 1.54) is 11.8 Å². The van der Waals surface area contributed by atoms with Crippen molar-refractivity contribution in [1.82, 2.24) is 24.7 Å². The third-order valence-electron chi connectivity index (χ3n) is 2.16. The fraction of sp³-hybridized carbons (Fsp3) is 0.400. The summed E-state index contributed by atoms with van der Waals surface area (Å²) in [5.74, 6) is 2.09. The van der Waals surface area contributed by atoms with E-state index in [2.05, 4.69) is 27.0 Å². The molecule has 2 aromatic heterocycles. The first-order valence-electron chi connectivity index (χ1n) is 5.37. The molecule has 0 amide bonds. The maximum absolute atomic E-state index is 5.72. The van der Waals surface area contributed by atoms with Crippen molar-refractivity contribution in [2.24, 2.45) is 0 Å². The summed E-state index contributed by atoms with van der Waals surface area (Å²) in [7, 11) is 0. The third kappa shape index (κ3) is 2.94. The first-order chi connectivity index (χ1) is 8.31.